The zero-order valence-electron chi connectivity index (χ0n) is 25.6. The molecule has 202 valence electrons. The van der Waals surface area contributed by atoms with Crippen molar-refractivity contribution in [3.63, 3.8) is 0 Å². The summed E-state index contributed by atoms with van der Waals surface area (Å²) in [6.07, 6.45) is 0. The summed E-state index contributed by atoms with van der Waals surface area (Å²) >= 11 is 0. The predicted octanol–water partition coefficient (Wildman–Crippen LogP) is 10.8. The molecule has 39 heavy (non-hydrogen) atoms. The van der Waals surface area contributed by atoms with Crippen molar-refractivity contribution < 1.29 is 0 Å². The van der Waals surface area contributed by atoms with Gasteiger partial charge in [-0.2, -0.15) is 0 Å². The summed E-state index contributed by atoms with van der Waals surface area (Å²) in [4.78, 5) is 2.61. The second-order valence-corrected chi connectivity index (χ2v) is 14.1. The van der Waals surface area contributed by atoms with E-state index >= 15 is 0 Å². The van der Waals surface area contributed by atoms with Crippen molar-refractivity contribution in [1.82, 2.24) is 0 Å². The maximum atomic E-state index is 2.61. The van der Waals surface area contributed by atoms with Crippen molar-refractivity contribution in [2.24, 2.45) is 0 Å². The Balaban J connectivity index is 1.84. The highest BCUT2D eigenvalue weighted by Gasteiger charge is 2.40. The average Bonchev–Trinajstić information content (AvgIpc) is 3.10. The van der Waals surface area contributed by atoms with Gasteiger partial charge in [-0.25, -0.2) is 0 Å². The Kier molecular flexibility index (Phi) is 6.57. The molecule has 0 aliphatic heterocycles. The fraction of sp³-hybridized carbons (Fsp3) is 0.368. The molecular weight excluding hydrogens is 470 g/mol. The number of hydrogen-bond acceptors (Lipinski definition) is 1. The van der Waals surface area contributed by atoms with Crippen LogP contribution >= 0.6 is 0 Å². The van der Waals surface area contributed by atoms with Crippen LogP contribution in [0.1, 0.15) is 91.5 Å². The molecule has 1 aliphatic rings. The quantitative estimate of drug-likeness (QED) is 0.261. The summed E-state index contributed by atoms with van der Waals surface area (Å²) < 4.78 is 0. The van der Waals surface area contributed by atoms with E-state index in [0.717, 1.165) is 0 Å². The Morgan fingerprint density at radius 2 is 1.26 bits per heavy atom. The molecule has 0 N–H and O–H groups in total. The lowest BCUT2D eigenvalue weighted by atomic mass is 9.77. The summed E-state index contributed by atoms with van der Waals surface area (Å²) in [6.45, 7) is 23.6. The first-order valence-electron chi connectivity index (χ1n) is 14.5. The molecule has 1 nitrogen and oxygen atoms in total. The zero-order valence-corrected chi connectivity index (χ0v) is 25.6. The van der Waals surface area contributed by atoms with Crippen molar-refractivity contribution in [2.75, 3.05) is 4.90 Å². The topological polar surface area (TPSA) is 3.24 Å². The molecule has 0 aromatic heterocycles. The van der Waals surface area contributed by atoms with Crippen molar-refractivity contribution in [3.8, 4) is 22.3 Å². The number of benzene rings is 4. The highest BCUT2D eigenvalue weighted by molar-refractivity contribution is 5.90. The first-order valence-corrected chi connectivity index (χ1v) is 14.5. The predicted molar refractivity (Wildman–Crippen MR) is 171 cm³/mol. The van der Waals surface area contributed by atoms with E-state index < -0.39 is 0 Å². The number of rotatable bonds is 4. The van der Waals surface area contributed by atoms with Gasteiger partial charge < -0.3 is 4.90 Å². The monoisotopic (exact) mass is 515 g/mol. The van der Waals surface area contributed by atoms with Crippen molar-refractivity contribution in [1.29, 1.82) is 0 Å². The molecule has 5 rings (SSSR count). The first-order chi connectivity index (χ1) is 18.2. The average molecular weight is 516 g/mol. The molecule has 0 radical (unpaired) electrons. The maximum absolute atomic E-state index is 2.61. The third-order valence-corrected chi connectivity index (χ3v) is 8.42. The molecule has 4 aromatic rings. The van der Waals surface area contributed by atoms with E-state index in [9.17, 15) is 0 Å². The lowest BCUT2D eigenvalue weighted by Gasteiger charge is -2.39. The highest BCUT2D eigenvalue weighted by atomic mass is 15.2. The van der Waals surface area contributed by atoms with Crippen LogP contribution in [0.2, 0.25) is 0 Å². The minimum absolute atomic E-state index is 0.00487. The summed E-state index contributed by atoms with van der Waals surface area (Å²) in [5.74, 6) is 0. The largest absolute Gasteiger partial charge is 0.338 e. The van der Waals surface area contributed by atoms with Gasteiger partial charge in [0.1, 0.15) is 0 Å². The van der Waals surface area contributed by atoms with Crippen molar-refractivity contribution in [3.05, 3.63) is 107 Å². The molecule has 0 unspecified atom stereocenters. The van der Waals surface area contributed by atoms with Gasteiger partial charge in [0, 0.05) is 22.8 Å². The molecule has 0 atom stereocenters. The normalized spacial score (nSPS) is 14.3. The third-order valence-electron chi connectivity index (χ3n) is 8.42. The van der Waals surface area contributed by atoms with Crippen molar-refractivity contribution in [2.45, 2.75) is 91.5 Å². The Labute approximate surface area is 236 Å². The van der Waals surface area contributed by atoms with Crippen LogP contribution in [0, 0.1) is 0 Å². The number of fused-ring (bicyclic) bond motifs is 3. The Morgan fingerprint density at radius 1 is 0.615 bits per heavy atom. The van der Waals surface area contributed by atoms with Crippen LogP contribution in [0.4, 0.5) is 11.4 Å². The highest BCUT2D eigenvalue weighted by Crippen LogP contribution is 2.55. The number of nitrogens with zero attached hydrogens (tertiary/aromatic N) is 1. The van der Waals surface area contributed by atoms with Gasteiger partial charge in [-0.05, 0) is 81.3 Å². The van der Waals surface area contributed by atoms with Crippen LogP contribution in [-0.2, 0) is 16.2 Å². The fourth-order valence-corrected chi connectivity index (χ4v) is 6.60. The van der Waals surface area contributed by atoms with Crippen LogP contribution in [0.25, 0.3) is 22.3 Å². The first kappa shape index (κ1) is 27.3. The molecule has 4 aromatic carbocycles. The number of hydrogen-bond donors (Lipinski definition) is 0. The molecule has 0 bridgehead atoms. The lowest BCUT2D eigenvalue weighted by Crippen LogP contribution is -2.31. The smallest absolute Gasteiger partial charge is 0.0457 e. The SMILES string of the molecule is CC(C)N(c1cc(-c2ccccc2)ccc1C(C)(C)C)c1ccc2c(c1C(C)(C)C)-c1ccccc1C2(C)C. The second-order valence-electron chi connectivity index (χ2n) is 14.1. The van der Waals surface area contributed by atoms with Crippen LogP contribution in [0.5, 0.6) is 0 Å². The molecule has 0 saturated heterocycles. The zero-order chi connectivity index (χ0) is 28.3. The van der Waals surface area contributed by atoms with Crippen LogP contribution < -0.4 is 4.90 Å². The van der Waals surface area contributed by atoms with Crippen LogP contribution in [0.3, 0.4) is 0 Å². The van der Waals surface area contributed by atoms with Gasteiger partial charge in [0.05, 0.1) is 0 Å². The summed E-state index contributed by atoms with van der Waals surface area (Å²) in [5.41, 5.74) is 13.6. The van der Waals surface area contributed by atoms with E-state index in [1.807, 2.05) is 0 Å². The van der Waals surface area contributed by atoms with E-state index in [0.29, 0.717) is 0 Å². The lowest BCUT2D eigenvalue weighted by molar-refractivity contribution is 0.579. The van der Waals surface area contributed by atoms with Gasteiger partial charge in [-0.15, -0.1) is 0 Å². The fourth-order valence-electron chi connectivity index (χ4n) is 6.60. The van der Waals surface area contributed by atoms with Gasteiger partial charge in [0.15, 0.2) is 0 Å². The molecule has 1 heteroatoms. The summed E-state index contributed by atoms with van der Waals surface area (Å²) in [6, 6.07) is 32.0. The molecule has 0 spiro atoms. The van der Waals surface area contributed by atoms with E-state index in [4.69, 9.17) is 0 Å². The van der Waals surface area contributed by atoms with Crippen molar-refractivity contribution >= 4 is 11.4 Å². The van der Waals surface area contributed by atoms with Crippen LogP contribution in [-0.4, -0.2) is 6.04 Å². The van der Waals surface area contributed by atoms with Gasteiger partial charge in [-0.1, -0.05) is 128 Å². The van der Waals surface area contributed by atoms with E-state index in [1.165, 1.54) is 55.9 Å². The number of anilines is 2. The van der Waals surface area contributed by atoms with Gasteiger partial charge >= 0.3 is 0 Å². The van der Waals surface area contributed by atoms with E-state index in [2.05, 4.69) is 159 Å². The molecule has 0 amide bonds. The molecule has 1 aliphatic carbocycles. The Morgan fingerprint density at radius 3 is 1.87 bits per heavy atom. The molecule has 0 fully saturated rings. The second kappa shape index (κ2) is 9.40. The van der Waals surface area contributed by atoms with Gasteiger partial charge in [0.25, 0.3) is 0 Å². The van der Waals surface area contributed by atoms with Gasteiger partial charge in [0.2, 0.25) is 0 Å². The maximum Gasteiger partial charge on any atom is 0.0457 e. The molecule has 0 heterocycles. The Hall–Kier alpha value is -3.32. The minimum Gasteiger partial charge on any atom is -0.338 e. The molecular formula is C38H45N. The third kappa shape index (κ3) is 4.61. The minimum atomic E-state index is -0.0414. The van der Waals surface area contributed by atoms with E-state index in [1.54, 1.807) is 0 Å². The molecule has 0 saturated carbocycles. The standard InChI is InChI=1S/C38H45N/c1-25(2)39(33-24-27(26-16-12-11-13-17-26)20-21-30(33)36(3,4)5)32-23-22-31-34(35(32)37(6,7)8)28-18-14-15-19-29(28)38(31,9)10/h11-25H,1-10H3. The van der Waals surface area contributed by atoms with Gasteiger partial charge in [-0.3, -0.25) is 0 Å². The van der Waals surface area contributed by atoms with Crippen LogP contribution in [0.15, 0.2) is 84.9 Å². The Bertz CT molecular complexity index is 1510. The van der Waals surface area contributed by atoms with E-state index in [-0.39, 0.29) is 22.3 Å². The summed E-state index contributed by atoms with van der Waals surface area (Å²) in [5, 5.41) is 0. The summed E-state index contributed by atoms with van der Waals surface area (Å²) in [7, 11) is 0.